The van der Waals surface area contributed by atoms with E-state index >= 15 is 0 Å². The fourth-order valence-electron chi connectivity index (χ4n) is 1.11. The van der Waals surface area contributed by atoms with Gasteiger partial charge < -0.3 is 4.74 Å². The molecule has 0 heterocycles. The lowest BCUT2D eigenvalue weighted by molar-refractivity contribution is -0.496. The zero-order valence-corrected chi connectivity index (χ0v) is 7.60. The molecule has 0 bridgehead atoms. The van der Waals surface area contributed by atoms with Gasteiger partial charge in [-0.3, -0.25) is 10.1 Å². The highest BCUT2D eigenvalue weighted by Gasteiger charge is 2.14. The van der Waals surface area contributed by atoms with Crippen molar-refractivity contribution in [3.63, 3.8) is 0 Å². The fraction of sp³-hybridized carbons (Fsp3) is 0.222. The topological polar surface area (TPSA) is 69.4 Å². The Morgan fingerprint density at radius 1 is 1.50 bits per heavy atom. The second kappa shape index (κ2) is 4.36. The third kappa shape index (κ3) is 2.29. The van der Waals surface area contributed by atoms with Gasteiger partial charge in [0.15, 0.2) is 0 Å². The van der Waals surface area contributed by atoms with Gasteiger partial charge in [0.1, 0.15) is 0 Å². The zero-order chi connectivity index (χ0) is 10.6. The molecule has 0 atom stereocenters. The van der Waals surface area contributed by atoms with Gasteiger partial charge in [-0.05, 0) is 6.07 Å². The molecule has 5 heteroatoms. The summed E-state index contributed by atoms with van der Waals surface area (Å²) in [7, 11) is 1.24. The van der Waals surface area contributed by atoms with Crippen LogP contribution in [0.2, 0.25) is 0 Å². The lowest BCUT2D eigenvalue weighted by Crippen LogP contribution is -2.08. The highest BCUT2D eigenvalue weighted by Crippen LogP contribution is 2.10. The first-order chi connectivity index (χ1) is 6.65. The normalized spacial score (nSPS) is 9.50. The maximum atomic E-state index is 11.2. The average Bonchev–Trinajstić information content (AvgIpc) is 2.16. The van der Waals surface area contributed by atoms with Crippen molar-refractivity contribution < 1.29 is 14.5 Å². The maximum absolute atomic E-state index is 11.2. The van der Waals surface area contributed by atoms with Gasteiger partial charge >= 0.3 is 5.97 Å². The molecule has 0 radical (unpaired) electrons. The van der Waals surface area contributed by atoms with E-state index in [4.69, 9.17) is 0 Å². The quantitative estimate of drug-likeness (QED) is 0.413. The largest absolute Gasteiger partial charge is 0.465 e. The molecular formula is C9H9NO4. The standard InChI is InChI=1S/C9H9NO4/c1-14-9(11)8-5-3-2-4-7(8)6-10(12)13/h2-5H,6H2,1H3. The van der Waals surface area contributed by atoms with E-state index in [9.17, 15) is 14.9 Å². The summed E-state index contributed by atoms with van der Waals surface area (Å²) in [4.78, 5) is 21.0. The first kappa shape index (κ1) is 10.2. The number of methoxy groups -OCH3 is 1. The molecule has 1 rings (SSSR count). The number of hydrogen-bond acceptors (Lipinski definition) is 4. The molecule has 74 valence electrons. The van der Waals surface area contributed by atoms with Crippen LogP contribution in [0.3, 0.4) is 0 Å². The summed E-state index contributed by atoms with van der Waals surface area (Å²) in [5.74, 6) is -0.553. The molecule has 0 aliphatic heterocycles. The average molecular weight is 195 g/mol. The number of nitrogens with zero attached hydrogens (tertiary/aromatic N) is 1. The molecule has 0 aromatic heterocycles. The van der Waals surface area contributed by atoms with Gasteiger partial charge in [0.25, 0.3) is 0 Å². The van der Waals surface area contributed by atoms with Gasteiger partial charge in [-0.25, -0.2) is 4.79 Å². The van der Waals surface area contributed by atoms with Crippen molar-refractivity contribution in [2.45, 2.75) is 6.54 Å². The molecule has 0 aliphatic rings. The van der Waals surface area contributed by atoms with Crippen LogP contribution in [0.15, 0.2) is 24.3 Å². The Labute approximate surface area is 80.5 Å². The minimum atomic E-state index is -0.553. The van der Waals surface area contributed by atoms with Crippen molar-refractivity contribution >= 4 is 5.97 Å². The number of benzene rings is 1. The van der Waals surface area contributed by atoms with Crippen LogP contribution in [0.5, 0.6) is 0 Å². The Morgan fingerprint density at radius 2 is 2.14 bits per heavy atom. The molecule has 0 aliphatic carbocycles. The van der Waals surface area contributed by atoms with Crippen LogP contribution in [0, 0.1) is 10.1 Å². The molecule has 0 saturated carbocycles. The maximum Gasteiger partial charge on any atom is 0.338 e. The SMILES string of the molecule is COC(=O)c1ccccc1C[N+](=O)[O-]. The smallest absolute Gasteiger partial charge is 0.338 e. The Balaban J connectivity index is 3.02. The van der Waals surface area contributed by atoms with E-state index in [1.165, 1.54) is 19.2 Å². The van der Waals surface area contributed by atoms with E-state index < -0.39 is 10.9 Å². The van der Waals surface area contributed by atoms with Crippen molar-refractivity contribution in [3.8, 4) is 0 Å². The van der Waals surface area contributed by atoms with Crippen LogP contribution in [0.25, 0.3) is 0 Å². The summed E-state index contributed by atoms with van der Waals surface area (Å²) in [5, 5.41) is 10.3. The highest BCUT2D eigenvalue weighted by molar-refractivity contribution is 5.90. The lowest BCUT2D eigenvalue weighted by atomic mass is 10.1. The molecule has 5 nitrogen and oxygen atoms in total. The number of carbonyl (C=O) groups is 1. The van der Waals surface area contributed by atoms with Crippen molar-refractivity contribution in [1.29, 1.82) is 0 Å². The van der Waals surface area contributed by atoms with E-state index in [1.807, 2.05) is 0 Å². The van der Waals surface area contributed by atoms with Crippen LogP contribution >= 0.6 is 0 Å². The summed E-state index contributed by atoms with van der Waals surface area (Å²) < 4.78 is 4.50. The molecule has 0 unspecified atom stereocenters. The molecule has 14 heavy (non-hydrogen) atoms. The first-order valence-electron chi connectivity index (χ1n) is 3.93. The van der Waals surface area contributed by atoms with Gasteiger partial charge in [0.05, 0.1) is 12.7 Å². The van der Waals surface area contributed by atoms with Crippen LogP contribution in [-0.4, -0.2) is 18.0 Å². The number of esters is 1. The molecule has 0 amide bonds. The van der Waals surface area contributed by atoms with Gasteiger partial charge in [-0.2, -0.15) is 0 Å². The molecule has 1 aromatic carbocycles. The number of ether oxygens (including phenoxy) is 1. The molecule has 0 N–H and O–H groups in total. The Morgan fingerprint density at radius 3 is 2.71 bits per heavy atom. The minimum absolute atomic E-state index is 0.242. The zero-order valence-electron chi connectivity index (χ0n) is 7.60. The predicted molar refractivity (Wildman–Crippen MR) is 48.5 cm³/mol. The van der Waals surface area contributed by atoms with Crippen molar-refractivity contribution in [2.75, 3.05) is 7.11 Å². The van der Waals surface area contributed by atoms with E-state index in [2.05, 4.69) is 4.74 Å². The van der Waals surface area contributed by atoms with Gasteiger partial charge in [-0.1, -0.05) is 18.2 Å². The Hall–Kier alpha value is -1.91. The number of rotatable bonds is 3. The third-order valence-corrected chi connectivity index (χ3v) is 1.72. The summed E-state index contributed by atoms with van der Waals surface area (Å²) in [6.07, 6.45) is 0. The lowest BCUT2D eigenvalue weighted by Gasteiger charge is -2.02. The Bertz CT molecular complexity index is 362. The summed E-state index contributed by atoms with van der Waals surface area (Å²) in [6, 6.07) is 6.32. The van der Waals surface area contributed by atoms with Crippen molar-refractivity contribution in [2.24, 2.45) is 0 Å². The van der Waals surface area contributed by atoms with E-state index in [1.54, 1.807) is 12.1 Å². The molecule has 0 saturated heterocycles. The predicted octanol–water partition coefficient (Wildman–Crippen LogP) is 1.25. The minimum Gasteiger partial charge on any atom is -0.465 e. The molecule has 1 aromatic rings. The van der Waals surface area contributed by atoms with Crippen molar-refractivity contribution in [1.82, 2.24) is 0 Å². The van der Waals surface area contributed by atoms with Gasteiger partial charge in [0, 0.05) is 10.5 Å². The van der Waals surface area contributed by atoms with Crippen LogP contribution < -0.4 is 0 Å². The van der Waals surface area contributed by atoms with Gasteiger partial charge in [0.2, 0.25) is 6.54 Å². The summed E-state index contributed by atoms with van der Waals surface area (Å²) in [6.45, 7) is -0.370. The second-order valence-electron chi connectivity index (χ2n) is 2.64. The van der Waals surface area contributed by atoms with E-state index in [-0.39, 0.29) is 12.1 Å². The van der Waals surface area contributed by atoms with Crippen molar-refractivity contribution in [3.05, 3.63) is 45.5 Å². The molecular weight excluding hydrogens is 186 g/mol. The number of hydrogen-bond donors (Lipinski definition) is 0. The van der Waals surface area contributed by atoms with E-state index in [0.717, 1.165) is 0 Å². The second-order valence-corrected chi connectivity index (χ2v) is 2.64. The first-order valence-corrected chi connectivity index (χ1v) is 3.93. The fourth-order valence-corrected chi connectivity index (χ4v) is 1.11. The highest BCUT2D eigenvalue weighted by atomic mass is 16.6. The molecule has 0 spiro atoms. The van der Waals surface area contributed by atoms with E-state index in [0.29, 0.717) is 5.56 Å². The molecule has 0 fully saturated rings. The summed E-state index contributed by atoms with van der Waals surface area (Å²) >= 11 is 0. The monoisotopic (exact) mass is 195 g/mol. The van der Waals surface area contributed by atoms with Crippen LogP contribution in [-0.2, 0) is 11.3 Å². The number of nitro groups is 1. The van der Waals surface area contributed by atoms with Crippen LogP contribution in [0.1, 0.15) is 15.9 Å². The number of carbonyl (C=O) groups excluding carboxylic acids is 1. The summed E-state index contributed by atoms with van der Waals surface area (Å²) in [5.41, 5.74) is 0.607. The van der Waals surface area contributed by atoms with Gasteiger partial charge in [-0.15, -0.1) is 0 Å². The van der Waals surface area contributed by atoms with Crippen LogP contribution in [0.4, 0.5) is 0 Å². The Kier molecular flexibility index (Phi) is 3.17. The third-order valence-electron chi connectivity index (χ3n) is 1.72.